The minimum Gasteiger partial charge on any atom is -0.452 e. The van der Waals surface area contributed by atoms with Gasteiger partial charge in [-0.3, -0.25) is 4.79 Å². The molecule has 0 radical (unpaired) electrons. The number of fused-ring (bicyclic) bond motifs is 1. The van der Waals surface area contributed by atoms with Crippen molar-refractivity contribution in [1.82, 2.24) is 4.98 Å². The quantitative estimate of drug-likeness (QED) is 0.378. The van der Waals surface area contributed by atoms with Crippen LogP contribution in [0.4, 0.5) is 5.69 Å². The van der Waals surface area contributed by atoms with Crippen LogP contribution >= 0.6 is 23.2 Å². The van der Waals surface area contributed by atoms with E-state index in [-0.39, 0.29) is 5.02 Å². The number of rotatable bonds is 5. The number of aromatic nitrogens is 1. The van der Waals surface area contributed by atoms with Gasteiger partial charge in [0.25, 0.3) is 5.91 Å². The summed E-state index contributed by atoms with van der Waals surface area (Å²) < 4.78 is 5.28. The van der Waals surface area contributed by atoms with Crippen LogP contribution in [-0.2, 0) is 9.53 Å². The number of amides is 1. The number of nitrogens with one attached hydrogen (secondary N) is 1. The molecule has 0 aliphatic rings. The second-order valence-electron chi connectivity index (χ2n) is 6.66. The monoisotopic (exact) mass is 450 g/mol. The first kappa shape index (κ1) is 20.8. The molecule has 1 amide bonds. The summed E-state index contributed by atoms with van der Waals surface area (Å²) in [5, 5.41) is 3.76. The van der Waals surface area contributed by atoms with E-state index in [0.717, 1.165) is 5.56 Å². The first-order valence-corrected chi connectivity index (χ1v) is 10.1. The van der Waals surface area contributed by atoms with E-state index < -0.39 is 18.5 Å². The van der Waals surface area contributed by atoms with Crippen molar-refractivity contribution >= 4 is 51.7 Å². The topological polar surface area (TPSA) is 68.3 Å². The molecule has 0 spiro atoms. The van der Waals surface area contributed by atoms with E-state index in [2.05, 4.69) is 10.3 Å². The van der Waals surface area contributed by atoms with Gasteiger partial charge in [-0.1, -0.05) is 77.8 Å². The zero-order valence-corrected chi connectivity index (χ0v) is 17.7. The number of pyridine rings is 1. The Labute approximate surface area is 188 Å². The summed E-state index contributed by atoms with van der Waals surface area (Å²) in [6, 6.07) is 23.4. The Hall–Kier alpha value is -3.41. The Balaban J connectivity index is 1.56. The maximum atomic E-state index is 12.8. The first-order valence-electron chi connectivity index (χ1n) is 9.39. The Morgan fingerprint density at radius 1 is 0.903 bits per heavy atom. The number of halogens is 2. The molecular weight excluding hydrogens is 435 g/mol. The smallest absolute Gasteiger partial charge is 0.339 e. The number of nitrogens with zero attached hydrogens (tertiary/aromatic N) is 1. The van der Waals surface area contributed by atoms with E-state index >= 15 is 0 Å². The first-order chi connectivity index (χ1) is 15.0. The predicted octanol–water partition coefficient (Wildman–Crippen LogP) is 6.00. The molecule has 5 nitrogen and oxygen atoms in total. The number of benzene rings is 3. The molecule has 0 atom stereocenters. The van der Waals surface area contributed by atoms with Gasteiger partial charge in [-0.15, -0.1) is 0 Å². The summed E-state index contributed by atoms with van der Waals surface area (Å²) >= 11 is 12.0. The van der Waals surface area contributed by atoms with Gasteiger partial charge in [0.1, 0.15) is 0 Å². The molecule has 4 aromatic rings. The fourth-order valence-electron chi connectivity index (χ4n) is 3.10. The molecule has 7 heteroatoms. The highest BCUT2D eigenvalue weighted by molar-refractivity contribution is 6.44. The highest BCUT2D eigenvalue weighted by atomic mass is 35.5. The van der Waals surface area contributed by atoms with Crippen LogP contribution in [0.3, 0.4) is 0 Å². The fraction of sp³-hybridized carbons (Fsp3) is 0.0417. The third-order valence-corrected chi connectivity index (χ3v) is 5.38. The summed E-state index contributed by atoms with van der Waals surface area (Å²) in [4.78, 5) is 29.7. The summed E-state index contributed by atoms with van der Waals surface area (Å²) in [7, 11) is 0. The van der Waals surface area contributed by atoms with E-state index in [1.54, 1.807) is 30.3 Å². The van der Waals surface area contributed by atoms with Gasteiger partial charge in [0.15, 0.2) is 6.61 Å². The van der Waals surface area contributed by atoms with Crippen molar-refractivity contribution < 1.29 is 14.3 Å². The van der Waals surface area contributed by atoms with Gasteiger partial charge in [-0.05, 0) is 24.3 Å². The molecule has 3 aromatic carbocycles. The summed E-state index contributed by atoms with van der Waals surface area (Å²) in [6.07, 6.45) is 0. The molecule has 0 bridgehead atoms. The number of esters is 1. The second-order valence-corrected chi connectivity index (χ2v) is 7.45. The molecule has 1 heterocycles. The van der Waals surface area contributed by atoms with Gasteiger partial charge in [0.05, 0.1) is 32.5 Å². The van der Waals surface area contributed by atoms with E-state index in [9.17, 15) is 9.59 Å². The van der Waals surface area contributed by atoms with Crippen LogP contribution in [-0.4, -0.2) is 23.5 Å². The molecule has 154 valence electrons. The van der Waals surface area contributed by atoms with Crippen molar-refractivity contribution in [3.8, 4) is 11.3 Å². The van der Waals surface area contributed by atoms with Crippen molar-refractivity contribution in [3.05, 3.63) is 94.5 Å². The fourth-order valence-corrected chi connectivity index (χ4v) is 3.44. The molecule has 1 aromatic heterocycles. The van der Waals surface area contributed by atoms with Crippen molar-refractivity contribution in [1.29, 1.82) is 0 Å². The molecular formula is C24H16Cl2N2O3. The lowest BCUT2D eigenvalue weighted by molar-refractivity contribution is -0.119. The van der Waals surface area contributed by atoms with Gasteiger partial charge >= 0.3 is 5.97 Å². The molecule has 4 rings (SSSR count). The summed E-state index contributed by atoms with van der Waals surface area (Å²) in [5.41, 5.74) is 2.84. The van der Waals surface area contributed by atoms with Crippen LogP contribution in [0.15, 0.2) is 78.9 Å². The molecule has 31 heavy (non-hydrogen) atoms. The highest BCUT2D eigenvalue weighted by Crippen LogP contribution is 2.29. The van der Waals surface area contributed by atoms with Gasteiger partial charge in [0.2, 0.25) is 0 Å². The molecule has 1 N–H and O–H groups in total. The lowest BCUT2D eigenvalue weighted by Crippen LogP contribution is -2.21. The van der Waals surface area contributed by atoms with E-state index in [0.29, 0.717) is 32.9 Å². The Kier molecular flexibility index (Phi) is 6.16. The van der Waals surface area contributed by atoms with E-state index in [4.69, 9.17) is 27.9 Å². The van der Waals surface area contributed by atoms with Crippen molar-refractivity contribution in [2.75, 3.05) is 11.9 Å². The largest absolute Gasteiger partial charge is 0.452 e. The van der Waals surface area contributed by atoms with Crippen molar-refractivity contribution in [2.24, 2.45) is 0 Å². The van der Waals surface area contributed by atoms with Crippen LogP contribution in [0.5, 0.6) is 0 Å². The maximum Gasteiger partial charge on any atom is 0.339 e. The summed E-state index contributed by atoms with van der Waals surface area (Å²) in [5.74, 6) is -1.15. The van der Waals surface area contributed by atoms with Crippen molar-refractivity contribution in [3.63, 3.8) is 0 Å². The molecule has 0 saturated heterocycles. The van der Waals surface area contributed by atoms with E-state index in [1.165, 1.54) is 0 Å². The molecule has 0 saturated carbocycles. The van der Waals surface area contributed by atoms with Crippen LogP contribution in [0, 0.1) is 0 Å². The number of ether oxygens (including phenoxy) is 1. The Morgan fingerprint density at radius 2 is 1.65 bits per heavy atom. The minimum absolute atomic E-state index is 0.219. The molecule has 0 fully saturated rings. The molecule has 0 aliphatic heterocycles. The predicted molar refractivity (Wildman–Crippen MR) is 123 cm³/mol. The Morgan fingerprint density at radius 3 is 2.45 bits per heavy atom. The van der Waals surface area contributed by atoms with Gasteiger partial charge in [-0.25, -0.2) is 9.78 Å². The van der Waals surface area contributed by atoms with Crippen LogP contribution in [0.25, 0.3) is 22.2 Å². The summed E-state index contributed by atoms with van der Waals surface area (Å²) in [6.45, 7) is -0.473. The zero-order valence-electron chi connectivity index (χ0n) is 16.1. The number of hydrogen-bond donors (Lipinski definition) is 1. The number of anilines is 1. The molecule has 0 unspecified atom stereocenters. The van der Waals surface area contributed by atoms with E-state index in [1.807, 2.05) is 48.5 Å². The van der Waals surface area contributed by atoms with Gasteiger partial charge < -0.3 is 10.1 Å². The third-order valence-electron chi connectivity index (χ3n) is 4.57. The third kappa shape index (κ3) is 4.68. The number of para-hydroxylation sites is 1. The van der Waals surface area contributed by atoms with Crippen LogP contribution in [0.2, 0.25) is 10.0 Å². The van der Waals surface area contributed by atoms with Gasteiger partial charge in [-0.2, -0.15) is 0 Å². The highest BCUT2D eigenvalue weighted by Gasteiger charge is 2.17. The minimum atomic E-state index is -0.622. The van der Waals surface area contributed by atoms with Gasteiger partial charge in [0, 0.05) is 10.9 Å². The normalized spacial score (nSPS) is 10.6. The Bertz CT molecular complexity index is 1280. The number of carbonyl (C=O) groups is 2. The number of carbonyl (C=O) groups excluding carboxylic acids is 2. The zero-order chi connectivity index (χ0) is 21.8. The SMILES string of the molecule is O=C(COC(=O)c1cc(-c2ccccc2)nc2ccccc12)Nc1cccc(Cl)c1Cl. The van der Waals surface area contributed by atoms with Crippen LogP contribution < -0.4 is 5.32 Å². The van der Waals surface area contributed by atoms with Crippen molar-refractivity contribution in [2.45, 2.75) is 0 Å². The standard InChI is InChI=1S/C24H16Cl2N2O3/c25-18-10-6-12-20(23(18)26)28-22(29)14-31-24(30)17-13-21(15-7-2-1-3-8-15)27-19-11-5-4-9-16(17)19/h1-13H,14H2,(H,28,29). The number of hydrogen-bond acceptors (Lipinski definition) is 4. The molecule has 0 aliphatic carbocycles. The lowest BCUT2D eigenvalue weighted by Gasteiger charge is -2.11. The average molecular weight is 451 g/mol. The van der Waals surface area contributed by atoms with Crippen LogP contribution in [0.1, 0.15) is 10.4 Å². The lowest BCUT2D eigenvalue weighted by atomic mass is 10.0. The maximum absolute atomic E-state index is 12.8. The average Bonchev–Trinajstić information content (AvgIpc) is 2.80. The second kappa shape index (κ2) is 9.16.